The Balaban J connectivity index is 4.43. The third-order valence-electron chi connectivity index (χ3n) is 7.49. The quantitative estimate of drug-likeness (QED) is 0.0215. The molecule has 0 saturated heterocycles. The zero-order valence-corrected chi connectivity index (χ0v) is 33.4. The molecule has 0 aromatic heterocycles. The number of phosphoric acid groups is 1. The zero-order chi connectivity index (χ0) is 37.9. The highest BCUT2D eigenvalue weighted by atomic mass is 31.2. The molecule has 0 N–H and O–H groups in total. The normalized spacial score (nSPS) is 14.5. The van der Waals surface area contributed by atoms with Gasteiger partial charge in [0.25, 0.3) is 7.82 Å². The Hall–Kier alpha value is -2.55. The van der Waals surface area contributed by atoms with Crippen molar-refractivity contribution in [3.05, 3.63) is 72.9 Å². The number of rotatable bonds is 33. The van der Waals surface area contributed by atoms with Gasteiger partial charge in [0.1, 0.15) is 19.8 Å². The molecule has 0 fully saturated rings. The fourth-order valence-corrected chi connectivity index (χ4v) is 5.21. The van der Waals surface area contributed by atoms with E-state index in [9.17, 15) is 19.0 Å². The van der Waals surface area contributed by atoms with Crippen molar-refractivity contribution >= 4 is 19.8 Å². The minimum atomic E-state index is -4.63. The smallest absolute Gasteiger partial charge is 0.306 e. The summed E-state index contributed by atoms with van der Waals surface area (Å²) in [7, 11) is 1.12. The fraction of sp³-hybridized carbons (Fsp3) is 0.659. The van der Waals surface area contributed by atoms with E-state index in [0.29, 0.717) is 17.4 Å². The van der Waals surface area contributed by atoms with Crippen molar-refractivity contribution in [2.24, 2.45) is 0 Å². The average molecular weight is 736 g/mol. The molecule has 0 saturated carbocycles. The van der Waals surface area contributed by atoms with Gasteiger partial charge in [-0.2, -0.15) is 0 Å². The first kappa shape index (κ1) is 48.5. The van der Waals surface area contributed by atoms with Gasteiger partial charge in [-0.1, -0.05) is 119 Å². The molecule has 9 nitrogen and oxygen atoms in total. The van der Waals surface area contributed by atoms with E-state index in [0.717, 1.165) is 83.5 Å². The number of hydrogen-bond acceptors (Lipinski definition) is 8. The molecule has 10 heteroatoms. The van der Waals surface area contributed by atoms with Crippen LogP contribution in [-0.2, 0) is 32.7 Å². The van der Waals surface area contributed by atoms with Crippen LogP contribution < -0.4 is 4.89 Å². The molecule has 0 spiro atoms. The van der Waals surface area contributed by atoms with Crippen LogP contribution in [0, 0.1) is 0 Å². The van der Waals surface area contributed by atoms with Crippen molar-refractivity contribution < 1.29 is 42.1 Å². The molecule has 0 rings (SSSR count). The number of nitrogens with zero attached hydrogens (tertiary/aromatic N) is 1. The number of allylic oxidation sites excluding steroid dienone is 12. The van der Waals surface area contributed by atoms with Gasteiger partial charge in [0.2, 0.25) is 0 Å². The number of carbonyl (C=O) groups is 2. The summed E-state index contributed by atoms with van der Waals surface area (Å²) in [5.74, 6) is -0.905. The Kier molecular flexibility index (Phi) is 31.6. The SMILES string of the molecule is CC/C=C\C/C=C\C/C=C\C/C=C\C/C=C\C/C=C\CCCCC(=O)OC(COC(=O)CCCCCCCC)COP(=O)([O-])OCC[N+](C)(C)C. The molecule has 51 heavy (non-hydrogen) atoms. The third-order valence-corrected chi connectivity index (χ3v) is 8.46. The Labute approximate surface area is 310 Å². The summed E-state index contributed by atoms with van der Waals surface area (Å²) < 4.78 is 33.5. The highest BCUT2D eigenvalue weighted by molar-refractivity contribution is 7.45. The topological polar surface area (TPSA) is 111 Å². The summed E-state index contributed by atoms with van der Waals surface area (Å²) in [6.45, 7) is 3.95. The van der Waals surface area contributed by atoms with Crippen LogP contribution in [0.15, 0.2) is 72.9 Å². The largest absolute Gasteiger partial charge is 0.756 e. The van der Waals surface area contributed by atoms with Crippen LogP contribution in [0.25, 0.3) is 0 Å². The molecule has 0 heterocycles. The summed E-state index contributed by atoms with van der Waals surface area (Å²) in [5.41, 5.74) is 0. The van der Waals surface area contributed by atoms with E-state index >= 15 is 0 Å². The number of ether oxygens (including phenoxy) is 2. The summed E-state index contributed by atoms with van der Waals surface area (Å²) in [6.07, 6.45) is 39.7. The van der Waals surface area contributed by atoms with Gasteiger partial charge in [-0.15, -0.1) is 0 Å². The van der Waals surface area contributed by atoms with E-state index in [1.165, 1.54) is 6.42 Å². The van der Waals surface area contributed by atoms with Crippen molar-refractivity contribution in [2.75, 3.05) is 47.5 Å². The zero-order valence-electron chi connectivity index (χ0n) is 32.5. The van der Waals surface area contributed by atoms with E-state index in [2.05, 4.69) is 86.8 Å². The molecule has 0 aromatic rings. The lowest BCUT2D eigenvalue weighted by atomic mass is 10.1. The first-order chi connectivity index (χ1) is 24.5. The van der Waals surface area contributed by atoms with Gasteiger partial charge in [-0.3, -0.25) is 14.2 Å². The Morgan fingerprint density at radius 3 is 1.67 bits per heavy atom. The summed E-state index contributed by atoms with van der Waals surface area (Å²) in [6, 6.07) is 0. The maximum absolute atomic E-state index is 12.6. The third kappa shape index (κ3) is 37.0. The van der Waals surface area contributed by atoms with E-state index < -0.39 is 32.5 Å². The predicted molar refractivity (Wildman–Crippen MR) is 208 cm³/mol. The molecular formula is C41H70NO8P. The number of carbonyl (C=O) groups excluding carboxylic acids is 2. The van der Waals surface area contributed by atoms with Crippen LogP contribution in [0.5, 0.6) is 0 Å². The number of esters is 2. The number of phosphoric ester groups is 1. The molecule has 2 atom stereocenters. The lowest BCUT2D eigenvalue weighted by Gasteiger charge is -2.28. The van der Waals surface area contributed by atoms with Gasteiger partial charge in [-0.05, 0) is 64.2 Å². The molecular weight excluding hydrogens is 665 g/mol. The van der Waals surface area contributed by atoms with Crippen molar-refractivity contribution in [2.45, 2.75) is 129 Å². The van der Waals surface area contributed by atoms with Crippen LogP contribution in [-0.4, -0.2) is 70.0 Å². The standard InChI is InChI=1S/C41H70NO8P/c1-6-8-10-12-14-15-16-17-18-19-20-21-22-23-24-25-26-27-28-30-32-34-41(44)50-39(37-47-40(43)33-31-29-13-11-9-7-2)38-49-51(45,46)48-36-35-42(3,4)5/h8,10,14-15,17-18,20-21,23-24,26-27,39H,6-7,9,11-13,16,19,22,25,28-38H2,1-5H3/b10-8-,15-14-,18-17-,21-20-,24-23-,27-26-. The van der Waals surface area contributed by atoms with Crippen LogP contribution >= 0.6 is 7.82 Å². The molecule has 0 bridgehead atoms. The van der Waals surface area contributed by atoms with Crippen molar-refractivity contribution in [3.8, 4) is 0 Å². The molecule has 0 aliphatic heterocycles. The molecule has 0 aliphatic rings. The van der Waals surface area contributed by atoms with Gasteiger partial charge < -0.3 is 27.9 Å². The number of unbranched alkanes of at least 4 members (excludes halogenated alkanes) is 7. The number of hydrogen-bond donors (Lipinski definition) is 0. The molecule has 0 aliphatic carbocycles. The number of likely N-dealkylation sites (N-methyl/N-ethyl adjacent to an activating group) is 1. The first-order valence-corrected chi connectivity index (χ1v) is 20.6. The second-order valence-corrected chi connectivity index (χ2v) is 15.0. The monoisotopic (exact) mass is 735 g/mol. The lowest BCUT2D eigenvalue weighted by Crippen LogP contribution is -2.37. The van der Waals surface area contributed by atoms with Gasteiger partial charge in [0.15, 0.2) is 6.10 Å². The minimum Gasteiger partial charge on any atom is -0.756 e. The van der Waals surface area contributed by atoms with Crippen molar-refractivity contribution in [3.63, 3.8) is 0 Å². The summed E-state index contributed by atoms with van der Waals surface area (Å²) in [4.78, 5) is 37.1. The predicted octanol–water partition coefficient (Wildman–Crippen LogP) is 9.66. The highest BCUT2D eigenvalue weighted by Crippen LogP contribution is 2.38. The van der Waals surface area contributed by atoms with Gasteiger partial charge in [0, 0.05) is 12.8 Å². The molecule has 0 radical (unpaired) electrons. The molecule has 2 unspecified atom stereocenters. The van der Waals surface area contributed by atoms with Crippen molar-refractivity contribution in [1.29, 1.82) is 0 Å². The Morgan fingerprint density at radius 1 is 0.627 bits per heavy atom. The van der Waals surface area contributed by atoms with Crippen LogP contribution in [0.4, 0.5) is 0 Å². The Morgan fingerprint density at radius 2 is 1.12 bits per heavy atom. The highest BCUT2D eigenvalue weighted by Gasteiger charge is 2.21. The van der Waals surface area contributed by atoms with Crippen LogP contribution in [0.3, 0.4) is 0 Å². The lowest BCUT2D eigenvalue weighted by molar-refractivity contribution is -0.870. The summed E-state index contributed by atoms with van der Waals surface area (Å²) >= 11 is 0. The molecule has 292 valence electrons. The summed E-state index contributed by atoms with van der Waals surface area (Å²) in [5, 5.41) is 0. The molecule has 0 aromatic carbocycles. The van der Waals surface area contributed by atoms with E-state index in [1.54, 1.807) is 0 Å². The number of quaternary nitrogens is 1. The van der Waals surface area contributed by atoms with Gasteiger partial charge >= 0.3 is 11.9 Å². The van der Waals surface area contributed by atoms with Gasteiger partial charge in [-0.25, -0.2) is 0 Å². The first-order valence-electron chi connectivity index (χ1n) is 19.1. The van der Waals surface area contributed by atoms with Crippen LogP contribution in [0.1, 0.15) is 123 Å². The van der Waals surface area contributed by atoms with Gasteiger partial charge in [0.05, 0.1) is 27.7 Å². The van der Waals surface area contributed by atoms with E-state index in [-0.39, 0.29) is 26.1 Å². The minimum absolute atomic E-state index is 0.0429. The fourth-order valence-electron chi connectivity index (χ4n) is 4.48. The van der Waals surface area contributed by atoms with Crippen molar-refractivity contribution in [1.82, 2.24) is 0 Å². The second-order valence-electron chi connectivity index (χ2n) is 13.6. The van der Waals surface area contributed by atoms with Crippen LogP contribution in [0.2, 0.25) is 0 Å². The van der Waals surface area contributed by atoms with E-state index in [4.69, 9.17) is 18.5 Å². The second kappa shape index (κ2) is 33.3. The maximum Gasteiger partial charge on any atom is 0.306 e. The molecule has 0 amide bonds. The van der Waals surface area contributed by atoms with E-state index in [1.807, 2.05) is 21.1 Å². The average Bonchev–Trinajstić information content (AvgIpc) is 3.07. The maximum atomic E-state index is 12.6. The Bertz CT molecular complexity index is 1100.